The average molecular weight is 264 g/mol. The van der Waals surface area contributed by atoms with E-state index in [4.69, 9.17) is 4.74 Å². The normalized spacial score (nSPS) is 10.3. The van der Waals surface area contributed by atoms with Crippen molar-refractivity contribution in [1.29, 1.82) is 0 Å². The van der Waals surface area contributed by atoms with Gasteiger partial charge >= 0.3 is 0 Å². The number of nitrogens with one attached hydrogen (secondary N) is 1. The van der Waals surface area contributed by atoms with E-state index in [2.05, 4.69) is 10.3 Å². The molecule has 0 aliphatic carbocycles. The number of nitrogens with zero attached hydrogens (tertiary/aromatic N) is 1. The Morgan fingerprint density at radius 1 is 1.21 bits per heavy atom. The number of aromatic nitrogens is 1. The Kier molecular flexibility index (Phi) is 4.28. The lowest BCUT2D eigenvalue weighted by atomic mass is 10.3. The van der Waals surface area contributed by atoms with E-state index in [0.717, 1.165) is 23.6 Å². The monoisotopic (exact) mass is 264 g/mol. The number of hydrogen-bond donors (Lipinski definition) is 1. The average Bonchev–Trinajstić information content (AvgIpc) is 2.37. The highest BCUT2D eigenvalue weighted by Gasteiger charge is 2.04. The first kappa shape index (κ1) is 13.3. The molecule has 0 radical (unpaired) electrons. The molecule has 1 aromatic heterocycles. The lowest BCUT2D eigenvalue weighted by Gasteiger charge is -2.09. The van der Waals surface area contributed by atoms with Gasteiger partial charge in [0.25, 0.3) is 0 Å². The van der Waals surface area contributed by atoms with Crippen molar-refractivity contribution < 1.29 is 13.5 Å². The molecule has 19 heavy (non-hydrogen) atoms. The van der Waals surface area contributed by atoms with Crippen LogP contribution >= 0.6 is 0 Å². The van der Waals surface area contributed by atoms with Crippen molar-refractivity contribution in [3.8, 4) is 5.75 Å². The molecule has 0 aliphatic heterocycles. The number of hydrogen-bond acceptors (Lipinski definition) is 3. The Hall–Kier alpha value is -2.17. The number of pyridine rings is 1. The molecule has 0 bridgehead atoms. The van der Waals surface area contributed by atoms with Gasteiger partial charge in [-0.05, 0) is 31.2 Å². The number of benzene rings is 1. The standard InChI is InChI=1S/C14H14F2N2O/c1-10-3-2-4-14(18-10)17-7-8-19-13-6-5-11(15)9-12(13)16/h2-6,9H,7-8H2,1H3,(H,17,18). The first-order valence-electron chi connectivity index (χ1n) is 5.90. The van der Waals surface area contributed by atoms with E-state index in [1.165, 1.54) is 6.07 Å². The molecular weight excluding hydrogens is 250 g/mol. The molecule has 0 fully saturated rings. The topological polar surface area (TPSA) is 34.1 Å². The summed E-state index contributed by atoms with van der Waals surface area (Å²) < 4.78 is 31.1. The molecular formula is C14H14F2N2O. The summed E-state index contributed by atoms with van der Waals surface area (Å²) in [7, 11) is 0. The molecule has 0 aliphatic rings. The van der Waals surface area contributed by atoms with Crippen LogP contribution in [-0.4, -0.2) is 18.1 Å². The fraction of sp³-hybridized carbons (Fsp3) is 0.214. The lowest BCUT2D eigenvalue weighted by molar-refractivity contribution is 0.314. The summed E-state index contributed by atoms with van der Waals surface area (Å²) >= 11 is 0. The minimum absolute atomic E-state index is 0.0420. The maximum Gasteiger partial charge on any atom is 0.167 e. The van der Waals surface area contributed by atoms with Crippen molar-refractivity contribution in [1.82, 2.24) is 4.98 Å². The molecule has 0 saturated heterocycles. The third-order valence-electron chi connectivity index (χ3n) is 2.45. The van der Waals surface area contributed by atoms with Gasteiger partial charge in [-0.25, -0.2) is 13.8 Å². The summed E-state index contributed by atoms with van der Waals surface area (Å²) in [6, 6.07) is 8.86. The van der Waals surface area contributed by atoms with Crippen molar-refractivity contribution >= 4 is 5.82 Å². The van der Waals surface area contributed by atoms with Crippen molar-refractivity contribution in [2.75, 3.05) is 18.5 Å². The van der Waals surface area contributed by atoms with E-state index >= 15 is 0 Å². The Morgan fingerprint density at radius 2 is 2.05 bits per heavy atom. The van der Waals surface area contributed by atoms with Gasteiger partial charge in [-0.15, -0.1) is 0 Å². The minimum Gasteiger partial charge on any atom is -0.489 e. The Bertz CT molecular complexity index is 561. The van der Waals surface area contributed by atoms with E-state index in [9.17, 15) is 8.78 Å². The Morgan fingerprint density at radius 3 is 2.79 bits per heavy atom. The van der Waals surface area contributed by atoms with E-state index < -0.39 is 11.6 Å². The van der Waals surface area contributed by atoms with Crippen LogP contribution in [0.5, 0.6) is 5.75 Å². The quantitative estimate of drug-likeness (QED) is 0.842. The first-order chi connectivity index (χ1) is 9.15. The van der Waals surface area contributed by atoms with Gasteiger partial charge < -0.3 is 10.1 Å². The number of halogens is 2. The summed E-state index contributed by atoms with van der Waals surface area (Å²) in [5, 5.41) is 3.05. The van der Waals surface area contributed by atoms with Crippen LogP contribution < -0.4 is 10.1 Å². The second-order valence-corrected chi connectivity index (χ2v) is 4.01. The Balaban J connectivity index is 1.81. The van der Waals surface area contributed by atoms with Crippen LogP contribution in [0.4, 0.5) is 14.6 Å². The van der Waals surface area contributed by atoms with Crippen LogP contribution in [0.1, 0.15) is 5.69 Å². The molecule has 100 valence electrons. The van der Waals surface area contributed by atoms with E-state index in [0.29, 0.717) is 6.54 Å². The van der Waals surface area contributed by atoms with Crippen molar-refractivity contribution in [2.45, 2.75) is 6.92 Å². The van der Waals surface area contributed by atoms with Crippen LogP contribution in [0.2, 0.25) is 0 Å². The van der Waals surface area contributed by atoms with E-state index in [1.54, 1.807) is 0 Å². The molecule has 1 aromatic carbocycles. The van der Waals surface area contributed by atoms with E-state index in [-0.39, 0.29) is 12.4 Å². The molecule has 3 nitrogen and oxygen atoms in total. The number of anilines is 1. The summed E-state index contributed by atoms with van der Waals surface area (Å²) in [4.78, 5) is 4.26. The molecule has 1 N–H and O–H groups in total. The predicted molar refractivity (Wildman–Crippen MR) is 69.3 cm³/mol. The summed E-state index contributed by atoms with van der Waals surface area (Å²) in [5.74, 6) is -0.538. The summed E-state index contributed by atoms with van der Waals surface area (Å²) in [5.41, 5.74) is 0.912. The van der Waals surface area contributed by atoms with Gasteiger partial charge in [-0.1, -0.05) is 6.07 Å². The van der Waals surface area contributed by atoms with Gasteiger partial charge in [0.1, 0.15) is 18.2 Å². The van der Waals surface area contributed by atoms with Gasteiger partial charge in [0, 0.05) is 11.8 Å². The molecule has 0 spiro atoms. The highest BCUT2D eigenvalue weighted by atomic mass is 19.1. The van der Waals surface area contributed by atoms with Crippen LogP contribution in [0.3, 0.4) is 0 Å². The Labute approximate surface area is 110 Å². The molecule has 0 unspecified atom stereocenters. The van der Waals surface area contributed by atoms with Gasteiger partial charge in [0.15, 0.2) is 11.6 Å². The predicted octanol–water partition coefficient (Wildman–Crippen LogP) is 3.16. The molecule has 0 atom stereocenters. The third kappa shape index (κ3) is 3.91. The summed E-state index contributed by atoms with van der Waals surface area (Å²) in [6.07, 6.45) is 0. The zero-order valence-corrected chi connectivity index (χ0v) is 10.5. The first-order valence-corrected chi connectivity index (χ1v) is 5.90. The van der Waals surface area contributed by atoms with Crippen molar-refractivity contribution in [3.05, 3.63) is 53.7 Å². The number of ether oxygens (including phenoxy) is 1. The smallest absolute Gasteiger partial charge is 0.167 e. The summed E-state index contributed by atoms with van der Waals surface area (Å²) in [6.45, 7) is 2.64. The molecule has 2 aromatic rings. The zero-order chi connectivity index (χ0) is 13.7. The minimum atomic E-state index is -0.700. The van der Waals surface area contributed by atoms with Crippen LogP contribution in [0.25, 0.3) is 0 Å². The van der Waals surface area contributed by atoms with Crippen LogP contribution in [0.15, 0.2) is 36.4 Å². The van der Waals surface area contributed by atoms with E-state index in [1.807, 2.05) is 25.1 Å². The number of aryl methyl sites for hydroxylation is 1. The maximum atomic E-state index is 13.3. The zero-order valence-electron chi connectivity index (χ0n) is 10.5. The van der Waals surface area contributed by atoms with Crippen LogP contribution in [0, 0.1) is 18.6 Å². The number of rotatable bonds is 5. The molecule has 0 amide bonds. The van der Waals surface area contributed by atoms with Gasteiger partial charge in [0.2, 0.25) is 0 Å². The highest BCUT2D eigenvalue weighted by Crippen LogP contribution is 2.17. The van der Waals surface area contributed by atoms with Crippen molar-refractivity contribution in [3.63, 3.8) is 0 Å². The third-order valence-corrected chi connectivity index (χ3v) is 2.45. The molecule has 1 heterocycles. The highest BCUT2D eigenvalue weighted by molar-refractivity contribution is 5.35. The second kappa shape index (κ2) is 6.13. The van der Waals surface area contributed by atoms with Gasteiger partial charge in [-0.2, -0.15) is 0 Å². The fourth-order valence-corrected chi connectivity index (χ4v) is 1.57. The molecule has 5 heteroatoms. The van der Waals surface area contributed by atoms with Crippen molar-refractivity contribution in [2.24, 2.45) is 0 Å². The largest absolute Gasteiger partial charge is 0.489 e. The lowest BCUT2D eigenvalue weighted by Crippen LogP contribution is -2.13. The van der Waals surface area contributed by atoms with Gasteiger partial charge in [-0.3, -0.25) is 0 Å². The van der Waals surface area contributed by atoms with Crippen LogP contribution in [-0.2, 0) is 0 Å². The molecule has 0 saturated carbocycles. The molecule has 2 rings (SSSR count). The maximum absolute atomic E-state index is 13.3. The van der Waals surface area contributed by atoms with Gasteiger partial charge in [0.05, 0.1) is 6.54 Å². The second-order valence-electron chi connectivity index (χ2n) is 4.01. The fourth-order valence-electron chi connectivity index (χ4n) is 1.57. The SMILES string of the molecule is Cc1cccc(NCCOc2ccc(F)cc2F)n1.